The molecule has 0 aliphatic heterocycles. The maximum absolute atomic E-state index is 11.8. The van der Waals surface area contributed by atoms with E-state index in [4.69, 9.17) is 5.84 Å². The van der Waals surface area contributed by atoms with Crippen LogP contribution in [0.5, 0.6) is 0 Å². The van der Waals surface area contributed by atoms with Gasteiger partial charge in [0.1, 0.15) is 0 Å². The molecule has 1 aromatic carbocycles. The van der Waals surface area contributed by atoms with Gasteiger partial charge in [-0.25, -0.2) is 5.01 Å². The van der Waals surface area contributed by atoms with Gasteiger partial charge < -0.3 is 0 Å². The van der Waals surface area contributed by atoms with Gasteiger partial charge in [-0.15, -0.1) is 0 Å². The number of hydrazine groups is 1. The van der Waals surface area contributed by atoms with Gasteiger partial charge in [0.15, 0.2) is 0 Å². The van der Waals surface area contributed by atoms with E-state index >= 15 is 0 Å². The molecule has 0 aromatic heterocycles. The van der Waals surface area contributed by atoms with Gasteiger partial charge in [-0.3, -0.25) is 10.2 Å². The molecule has 0 bridgehead atoms. The first kappa shape index (κ1) is 11.1. The van der Waals surface area contributed by atoms with Crippen LogP contribution >= 0.6 is 0 Å². The van der Waals surface area contributed by atoms with Crippen LogP contribution in [-0.4, -0.2) is 24.8 Å². The standard InChI is InChI=1S/C11H17FN2/c12-8-4-9-14(13)10-7-11-5-2-1-3-6-11/h1-3,5-6H,4,7-10,13H2. The monoisotopic (exact) mass is 196 g/mol. The zero-order valence-corrected chi connectivity index (χ0v) is 8.32. The Labute approximate surface area is 84.5 Å². The third kappa shape index (κ3) is 4.35. The summed E-state index contributed by atoms with van der Waals surface area (Å²) in [6.45, 7) is 1.12. The zero-order valence-electron chi connectivity index (χ0n) is 8.32. The number of benzene rings is 1. The van der Waals surface area contributed by atoms with Gasteiger partial charge >= 0.3 is 0 Å². The number of halogens is 1. The van der Waals surface area contributed by atoms with E-state index in [9.17, 15) is 4.39 Å². The van der Waals surface area contributed by atoms with E-state index < -0.39 is 0 Å². The summed E-state index contributed by atoms with van der Waals surface area (Å²) < 4.78 is 11.8. The van der Waals surface area contributed by atoms with Crippen molar-refractivity contribution in [3.8, 4) is 0 Å². The van der Waals surface area contributed by atoms with E-state index in [1.54, 1.807) is 5.01 Å². The lowest BCUT2D eigenvalue weighted by Crippen LogP contribution is -2.34. The molecule has 0 atom stereocenters. The Bertz CT molecular complexity index is 238. The molecule has 14 heavy (non-hydrogen) atoms. The molecule has 0 fully saturated rings. The predicted octanol–water partition coefficient (Wildman–Crippen LogP) is 1.76. The molecule has 0 aliphatic carbocycles. The van der Waals surface area contributed by atoms with Gasteiger partial charge in [-0.2, -0.15) is 0 Å². The van der Waals surface area contributed by atoms with Crippen LogP contribution < -0.4 is 5.84 Å². The van der Waals surface area contributed by atoms with Crippen molar-refractivity contribution in [2.45, 2.75) is 12.8 Å². The van der Waals surface area contributed by atoms with Gasteiger partial charge in [0.2, 0.25) is 0 Å². The van der Waals surface area contributed by atoms with E-state index in [-0.39, 0.29) is 6.67 Å². The summed E-state index contributed by atoms with van der Waals surface area (Å²) in [6, 6.07) is 10.2. The van der Waals surface area contributed by atoms with Gasteiger partial charge in [0.05, 0.1) is 6.67 Å². The molecule has 0 saturated carbocycles. The Balaban J connectivity index is 2.20. The predicted molar refractivity (Wildman–Crippen MR) is 56.5 cm³/mol. The first-order valence-corrected chi connectivity index (χ1v) is 4.92. The Kier molecular flexibility index (Phi) is 5.19. The second kappa shape index (κ2) is 6.51. The molecule has 1 rings (SSSR count). The highest BCUT2D eigenvalue weighted by molar-refractivity contribution is 5.14. The molecule has 3 heteroatoms. The maximum Gasteiger partial charge on any atom is 0.0907 e. The van der Waals surface area contributed by atoms with E-state index in [0.29, 0.717) is 13.0 Å². The van der Waals surface area contributed by atoms with Crippen molar-refractivity contribution in [2.75, 3.05) is 19.8 Å². The number of alkyl halides is 1. The molecule has 0 saturated heterocycles. The average molecular weight is 196 g/mol. The van der Waals surface area contributed by atoms with E-state index in [2.05, 4.69) is 12.1 Å². The first-order chi connectivity index (χ1) is 6.83. The van der Waals surface area contributed by atoms with Crippen molar-refractivity contribution < 1.29 is 4.39 Å². The number of nitrogens with zero attached hydrogens (tertiary/aromatic N) is 1. The van der Waals surface area contributed by atoms with Crippen LogP contribution in [0.3, 0.4) is 0 Å². The smallest absolute Gasteiger partial charge is 0.0907 e. The Morgan fingerprint density at radius 3 is 2.50 bits per heavy atom. The summed E-state index contributed by atoms with van der Waals surface area (Å²) in [6.07, 6.45) is 1.44. The lowest BCUT2D eigenvalue weighted by atomic mass is 10.1. The molecular weight excluding hydrogens is 179 g/mol. The largest absolute Gasteiger partial charge is 0.269 e. The average Bonchev–Trinajstić information content (AvgIpc) is 2.25. The molecule has 0 heterocycles. The van der Waals surface area contributed by atoms with E-state index in [0.717, 1.165) is 13.0 Å². The fourth-order valence-electron chi connectivity index (χ4n) is 1.29. The van der Waals surface area contributed by atoms with E-state index in [1.165, 1.54) is 5.56 Å². The number of rotatable bonds is 6. The molecule has 0 aliphatic rings. The van der Waals surface area contributed by atoms with Crippen LogP contribution in [0, 0.1) is 0 Å². The number of hydrogen-bond acceptors (Lipinski definition) is 2. The molecular formula is C11H17FN2. The summed E-state index contributed by atoms with van der Waals surface area (Å²) in [4.78, 5) is 0. The molecule has 1 aromatic rings. The van der Waals surface area contributed by atoms with Crippen LogP contribution in [0.25, 0.3) is 0 Å². The van der Waals surface area contributed by atoms with Crippen LogP contribution in [0.2, 0.25) is 0 Å². The zero-order chi connectivity index (χ0) is 10.2. The Hall–Kier alpha value is -0.930. The molecule has 78 valence electrons. The summed E-state index contributed by atoms with van der Waals surface area (Å²) in [7, 11) is 0. The molecule has 0 amide bonds. The van der Waals surface area contributed by atoms with Crippen molar-refractivity contribution in [3.63, 3.8) is 0 Å². The molecule has 0 radical (unpaired) electrons. The third-order valence-electron chi connectivity index (χ3n) is 2.11. The minimum Gasteiger partial charge on any atom is -0.269 e. The van der Waals surface area contributed by atoms with Crippen molar-refractivity contribution in [1.82, 2.24) is 5.01 Å². The highest BCUT2D eigenvalue weighted by atomic mass is 19.1. The summed E-state index contributed by atoms with van der Waals surface area (Å²) in [5.41, 5.74) is 1.27. The molecule has 2 N–H and O–H groups in total. The van der Waals surface area contributed by atoms with Gasteiger partial charge in [-0.1, -0.05) is 30.3 Å². The number of nitrogens with two attached hydrogens (primary N) is 1. The summed E-state index contributed by atoms with van der Waals surface area (Å²) >= 11 is 0. The quantitative estimate of drug-likeness (QED) is 0.555. The lowest BCUT2D eigenvalue weighted by Gasteiger charge is -2.14. The second-order valence-corrected chi connectivity index (χ2v) is 3.31. The van der Waals surface area contributed by atoms with Crippen LogP contribution in [-0.2, 0) is 6.42 Å². The molecule has 0 unspecified atom stereocenters. The summed E-state index contributed by atoms with van der Waals surface area (Å²) in [5.74, 6) is 5.67. The topological polar surface area (TPSA) is 29.3 Å². The Morgan fingerprint density at radius 2 is 1.86 bits per heavy atom. The van der Waals surface area contributed by atoms with Gasteiger partial charge in [0.25, 0.3) is 0 Å². The first-order valence-electron chi connectivity index (χ1n) is 4.92. The van der Waals surface area contributed by atoms with E-state index in [1.807, 2.05) is 18.2 Å². The minimum absolute atomic E-state index is 0.293. The molecule has 2 nitrogen and oxygen atoms in total. The van der Waals surface area contributed by atoms with Gasteiger partial charge in [0, 0.05) is 13.1 Å². The minimum atomic E-state index is -0.293. The Morgan fingerprint density at radius 1 is 1.14 bits per heavy atom. The van der Waals surface area contributed by atoms with Crippen molar-refractivity contribution >= 4 is 0 Å². The van der Waals surface area contributed by atoms with Crippen LogP contribution in [0.1, 0.15) is 12.0 Å². The fraction of sp³-hybridized carbons (Fsp3) is 0.455. The highest BCUT2D eigenvalue weighted by Crippen LogP contribution is 1.99. The SMILES string of the molecule is NN(CCCF)CCc1ccccc1. The normalized spacial score (nSPS) is 10.8. The third-order valence-corrected chi connectivity index (χ3v) is 2.11. The van der Waals surface area contributed by atoms with Crippen molar-refractivity contribution in [1.29, 1.82) is 0 Å². The van der Waals surface area contributed by atoms with Gasteiger partial charge in [-0.05, 0) is 18.4 Å². The fourth-order valence-corrected chi connectivity index (χ4v) is 1.29. The molecule has 0 spiro atoms. The van der Waals surface area contributed by atoms with Crippen molar-refractivity contribution in [3.05, 3.63) is 35.9 Å². The highest BCUT2D eigenvalue weighted by Gasteiger charge is 1.98. The van der Waals surface area contributed by atoms with Crippen LogP contribution in [0.4, 0.5) is 4.39 Å². The lowest BCUT2D eigenvalue weighted by molar-refractivity contribution is 0.269. The maximum atomic E-state index is 11.8. The number of hydrogen-bond donors (Lipinski definition) is 1. The second-order valence-electron chi connectivity index (χ2n) is 3.31. The summed E-state index contributed by atoms with van der Waals surface area (Å²) in [5, 5.41) is 1.67. The van der Waals surface area contributed by atoms with Crippen molar-refractivity contribution in [2.24, 2.45) is 5.84 Å². The van der Waals surface area contributed by atoms with Crippen LogP contribution in [0.15, 0.2) is 30.3 Å².